The molecule has 0 unspecified atom stereocenters. The molecule has 2 aliphatic rings. The third-order valence-electron chi connectivity index (χ3n) is 4.92. The van der Waals surface area contributed by atoms with Crippen LogP contribution in [0.4, 0.5) is 5.69 Å². The fourth-order valence-corrected chi connectivity index (χ4v) is 3.73. The molecule has 1 aromatic carbocycles. The van der Waals surface area contributed by atoms with Gasteiger partial charge in [-0.3, -0.25) is 4.90 Å². The summed E-state index contributed by atoms with van der Waals surface area (Å²) in [7, 11) is 1.76. The molecule has 2 atom stereocenters. The number of benzene rings is 1. The molecule has 0 amide bonds. The van der Waals surface area contributed by atoms with Crippen molar-refractivity contribution >= 4 is 5.69 Å². The van der Waals surface area contributed by atoms with Crippen LogP contribution in [0.25, 0.3) is 0 Å². The molecule has 0 radical (unpaired) electrons. The standard InChI is InChI=1S/C17H26N2O/c1-14-7-8-15(13-14)18-9-11-19(12-10-18)16-5-3-4-6-17(16)20-2/h3-6,14-15H,7-13H2,1-2H3/t14-,15-/m0/s1. The first-order valence-electron chi connectivity index (χ1n) is 7.90. The number of para-hydroxylation sites is 2. The van der Waals surface area contributed by atoms with Crippen molar-refractivity contribution in [3.8, 4) is 5.75 Å². The van der Waals surface area contributed by atoms with E-state index in [-0.39, 0.29) is 0 Å². The Hall–Kier alpha value is -1.22. The van der Waals surface area contributed by atoms with E-state index in [2.05, 4.69) is 34.9 Å². The summed E-state index contributed by atoms with van der Waals surface area (Å²) in [5.74, 6) is 1.92. The van der Waals surface area contributed by atoms with E-state index in [0.29, 0.717) is 0 Å². The Morgan fingerprint density at radius 1 is 1.05 bits per heavy atom. The first kappa shape index (κ1) is 13.7. The number of hydrogen-bond acceptors (Lipinski definition) is 3. The van der Waals surface area contributed by atoms with E-state index in [1.807, 2.05) is 6.07 Å². The lowest BCUT2D eigenvalue weighted by Gasteiger charge is -2.39. The zero-order valence-corrected chi connectivity index (χ0v) is 12.7. The average Bonchev–Trinajstić information content (AvgIpc) is 2.94. The van der Waals surface area contributed by atoms with Gasteiger partial charge in [0.25, 0.3) is 0 Å². The number of ether oxygens (including phenoxy) is 1. The van der Waals surface area contributed by atoms with Crippen molar-refractivity contribution < 1.29 is 4.74 Å². The van der Waals surface area contributed by atoms with Crippen LogP contribution in [-0.2, 0) is 0 Å². The van der Waals surface area contributed by atoms with E-state index in [4.69, 9.17) is 4.74 Å². The van der Waals surface area contributed by atoms with E-state index in [1.54, 1.807) is 7.11 Å². The summed E-state index contributed by atoms with van der Waals surface area (Å²) in [5.41, 5.74) is 1.24. The van der Waals surface area contributed by atoms with Gasteiger partial charge in [0.05, 0.1) is 12.8 Å². The summed E-state index contributed by atoms with van der Waals surface area (Å²) in [6, 6.07) is 9.21. The van der Waals surface area contributed by atoms with Crippen molar-refractivity contribution in [2.24, 2.45) is 5.92 Å². The number of hydrogen-bond donors (Lipinski definition) is 0. The van der Waals surface area contributed by atoms with Gasteiger partial charge >= 0.3 is 0 Å². The molecule has 1 heterocycles. The van der Waals surface area contributed by atoms with Crippen LogP contribution in [0.2, 0.25) is 0 Å². The van der Waals surface area contributed by atoms with Crippen LogP contribution in [-0.4, -0.2) is 44.2 Å². The van der Waals surface area contributed by atoms with Crippen LogP contribution < -0.4 is 9.64 Å². The van der Waals surface area contributed by atoms with Gasteiger partial charge in [0.2, 0.25) is 0 Å². The van der Waals surface area contributed by atoms with Crippen molar-refractivity contribution in [3.05, 3.63) is 24.3 Å². The van der Waals surface area contributed by atoms with Crippen LogP contribution in [0.5, 0.6) is 5.75 Å². The number of anilines is 1. The van der Waals surface area contributed by atoms with Crippen molar-refractivity contribution in [1.82, 2.24) is 4.90 Å². The molecular formula is C17H26N2O. The van der Waals surface area contributed by atoms with Crippen LogP contribution in [0.15, 0.2) is 24.3 Å². The highest BCUT2D eigenvalue weighted by Crippen LogP contribution is 2.32. The Kier molecular flexibility index (Phi) is 4.16. The summed E-state index contributed by atoms with van der Waals surface area (Å²) in [6.07, 6.45) is 4.21. The van der Waals surface area contributed by atoms with Crippen LogP contribution >= 0.6 is 0 Å². The van der Waals surface area contributed by atoms with Gasteiger partial charge < -0.3 is 9.64 Å². The van der Waals surface area contributed by atoms with Crippen LogP contribution in [0.3, 0.4) is 0 Å². The monoisotopic (exact) mass is 274 g/mol. The lowest BCUT2D eigenvalue weighted by atomic mass is 10.1. The van der Waals surface area contributed by atoms with Crippen molar-refractivity contribution in [3.63, 3.8) is 0 Å². The summed E-state index contributed by atoms with van der Waals surface area (Å²) < 4.78 is 5.48. The topological polar surface area (TPSA) is 15.7 Å². The lowest BCUT2D eigenvalue weighted by molar-refractivity contribution is 0.184. The second-order valence-electron chi connectivity index (χ2n) is 6.27. The fourth-order valence-electron chi connectivity index (χ4n) is 3.73. The number of piperazine rings is 1. The maximum atomic E-state index is 5.48. The molecule has 1 saturated carbocycles. The normalized spacial score (nSPS) is 27.8. The molecule has 0 aromatic heterocycles. The van der Waals surface area contributed by atoms with Crippen molar-refractivity contribution in [2.75, 3.05) is 38.2 Å². The molecule has 20 heavy (non-hydrogen) atoms. The number of nitrogens with zero attached hydrogens (tertiary/aromatic N) is 2. The third kappa shape index (κ3) is 2.78. The van der Waals surface area contributed by atoms with E-state index < -0.39 is 0 Å². The highest BCUT2D eigenvalue weighted by Gasteiger charge is 2.29. The number of rotatable bonds is 3. The Morgan fingerprint density at radius 3 is 2.45 bits per heavy atom. The molecule has 1 saturated heterocycles. The first-order chi connectivity index (χ1) is 9.78. The average molecular weight is 274 g/mol. The highest BCUT2D eigenvalue weighted by molar-refractivity contribution is 5.58. The summed E-state index contributed by atoms with van der Waals surface area (Å²) in [4.78, 5) is 5.17. The van der Waals surface area contributed by atoms with Gasteiger partial charge in [0.15, 0.2) is 0 Å². The fraction of sp³-hybridized carbons (Fsp3) is 0.647. The van der Waals surface area contributed by atoms with Crippen molar-refractivity contribution in [1.29, 1.82) is 0 Å². The minimum atomic E-state index is 0.838. The Balaban J connectivity index is 1.61. The van der Waals surface area contributed by atoms with Gasteiger partial charge in [0.1, 0.15) is 5.75 Å². The second-order valence-corrected chi connectivity index (χ2v) is 6.27. The molecule has 1 aromatic rings. The van der Waals surface area contributed by atoms with Gasteiger partial charge in [-0.05, 0) is 37.3 Å². The minimum Gasteiger partial charge on any atom is -0.495 e. The Morgan fingerprint density at radius 2 is 1.80 bits per heavy atom. The number of methoxy groups -OCH3 is 1. The predicted molar refractivity (Wildman–Crippen MR) is 83.6 cm³/mol. The smallest absolute Gasteiger partial charge is 0.142 e. The van der Waals surface area contributed by atoms with E-state index in [9.17, 15) is 0 Å². The van der Waals surface area contributed by atoms with Gasteiger partial charge in [-0.1, -0.05) is 19.1 Å². The third-order valence-corrected chi connectivity index (χ3v) is 4.92. The highest BCUT2D eigenvalue weighted by atomic mass is 16.5. The molecule has 3 rings (SSSR count). The molecule has 110 valence electrons. The van der Waals surface area contributed by atoms with E-state index in [1.165, 1.54) is 38.0 Å². The molecular weight excluding hydrogens is 248 g/mol. The molecule has 1 aliphatic carbocycles. The lowest BCUT2D eigenvalue weighted by Crippen LogP contribution is -2.49. The molecule has 3 nitrogen and oxygen atoms in total. The predicted octanol–water partition coefficient (Wildman–Crippen LogP) is 3.01. The second kappa shape index (κ2) is 6.04. The maximum absolute atomic E-state index is 5.48. The molecule has 0 bridgehead atoms. The van der Waals surface area contributed by atoms with Gasteiger partial charge in [-0.2, -0.15) is 0 Å². The van der Waals surface area contributed by atoms with Crippen LogP contribution in [0.1, 0.15) is 26.2 Å². The van der Waals surface area contributed by atoms with E-state index >= 15 is 0 Å². The van der Waals surface area contributed by atoms with E-state index in [0.717, 1.165) is 30.8 Å². The summed E-state index contributed by atoms with van der Waals surface area (Å²) in [6.45, 7) is 7.01. The van der Waals surface area contributed by atoms with Gasteiger partial charge in [0, 0.05) is 32.2 Å². The Labute approximate surface area is 122 Å². The molecule has 0 N–H and O–H groups in total. The van der Waals surface area contributed by atoms with Gasteiger partial charge in [-0.15, -0.1) is 0 Å². The van der Waals surface area contributed by atoms with Crippen molar-refractivity contribution in [2.45, 2.75) is 32.2 Å². The molecule has 1 aliphatic heterocycles. The molecule has 2 fully saturated rings. The SMILES string of the molecule is COc1ccccc1N1CCN([C@H]2CC[C@H](C)C2)CC1. The molecule has 0 spiro atoms. The summed E-state index contributed by atoms with van der Waals surface area (Å²) >= 11 is 0. The maximum Gasteiger partial charge on any atom is 0.142 e. The zero-order chi connectivity index (χ0) is 13.9. The quantitative estimate of drug-likeness (QED) is 0.842. The zero-order valence-electron chi connectivity index (χ0n) is 12.7. The largest absolute Gasteiger partial charge is 0.495 e. The van der Waals surface area contributed by atoms with Crippen LogP contribution in [0, 0.1) is 5.92 Å². The Bertz CT molecular complexity index is 440. The molecule has 3 heteroatoms. The first-order valence-corrected chi connectivity index (χ1v) is 7.90. The minimum absolute atomic E-state index is 0.838. The van der Waals surface area contributed by atoms with Gasteiger partial charge in [-0.25, -0.2) is 0 Å². The summed E-state index contributed by atoms with van der Waals surface area (Å²) in [5, 5.41) is 0.